The summed E-state index contributed by atoms with van der Waals surface area (Å²) in [5.41, 5.74) is 0.299. The second-order valence-electron chi connectivity index (χ2n) is 4.63. The van der Waals surface area contributed by atoms with Gasteiger partial charge < -0.3 is 10.2 Å². The van der Waals surface area contributed by atoms with Crippen LogP contribution in [0.1, 0.15) is 26.3 Å². The van der Waals surface area contributed by atoms with Gasteiger partial charge in [-0.25, -0.2) is 8.78 Å². The molecule has 1 unspecified atom stereocenters. The Morgan fingerprint density at radius 3 is 2.42 bits per heavy atom. The molecule has 1 atom stereocenters. The number of nitrogens with zero attached hydrogens (tertiary/aromatic N) is 1. The molecule has 1 rings (SSSR count). The first-order valence-corrected chi connectivity index (χ1v) is 6.94. The Balaban J connectivity index is 2.55. The van der Waals surface area contributed by atoms with Crippen LogP contribution in [0.4, 0.5) is 8.78 Å². The van der Waals surface area contributed by atoms with Gasteiger partial charge in [-0.3, -0.25) is 0 Å². The molecule has 0 spiro atoms. The van der Waals surface area contributed by atoms with E-state index in [2.05, 4.69) is 24.1 Å². The summed E-state index contributed by atoms with van der Waals surface area (Å²) in [7, 11) is 0. The molecular weight excluding hydrogens is 270 g/mol. The van der Waals surface area contributed by atoms with E-state index in [1.165, 1.54) is 0 Å². The molecule has 0 aliphatic carbocycles. The predicted octanol–water partition coefficient (Wildman–Crippen LogP) is 3.44. The lowest BCUT2D eigenvalue weighted by Gasteiger charge is -2.23. The van der Waals surface area contributed by atoms with Crippen molar-refractivity contribution in [2.75, 3.05) is 19.6 Å². The molecule has 0 aliphatic heterocycles. The number of likely N-dealkylation sites (N-methyl/N-ethyl adjacent to an activating group) is 1. The Hall–Kier alpha value is -0.710. The molecule has 0 saturated carbocycles. The van der Waals surface area contributed by atoms with Crippen LogP contribution >= 0.6 is 11.6 Å². The number of benzene rings is 1. The second kappa shape index (κ2) is 7.78. The van der Waals surface area contributed by atoms with Crippen LogP contribution in [-0.2, 0) is 6.54 Å². The normalized spacial score (nSPS) is 13.0. The molecule has 1 N–H and O–H groups in total. The van der Waals surface area contributed by atoms with Crippen LogP contribution in [0, 0.1) is 11.6 Å². The largest absolute Gasteiger partial charge is 0.309 e. The maximum atomic E-state index is 13.6. The van der Waals surface area contributed by atoms with Crippen LogP contribution in [0.3, 0.4) is 0 Å². The summed E-state index contributed by atoms with van der Waals surface area (Å²) in [6.45, 7) is 9.36. The molecule has 1 aromatic rings. The maximum Gasteiger partial charge on any atom is 0.142 e. The average molecular weight is 291 g/mol. The van der Waals surface area contributed by atoms with Gasteiger partial charge in [0.05, 0.1) is 5.02 Å². The number of hydrogen-bond acceptors (Lipinski definition) is 2. The van der Waals surface area contributed by atoms with Crippen molar-refractivity contribution >= 4 is 11.6 Å². The van der Waals surface area contributed by atoms with Crippen molar-refractivity contribution in [2.24, 2.45) is 0 Å². The minimum atomic E-state index is -0.587. The van der Waals surface area contributed by atoms with E-state index in [-0.39, 0.29) is 11.1 Å². The maximum absolute atomic E-state index is 13.6. The van der Waals surface area contributed by atoms with Crippen molar-refractivity contribution in [1.29, 1.82) is 0 Å². The van der Waals surface area contributed by atoms with Crippen LogP contribution in [0.15, 0.2) is 12.1 Å². The molecule has 19 heavy (non-hydrogen) atoms. The van der Waals surface area contributed by atoms with Gasteiger partial charge >= 0.3 is 0 Å². The summed E-state index contributed by atoms with van der Waals surface area (Å²) in [5, 5.41) is 3.01. The third-order valence-electron chi connectivity index (χ3n) is 3.16. The number of rotatable bonds is 7. The molecule has 0 saturated heterocycles. The molecule has 0 radical (unpaired) electrons. The van der Waals surface area contributed by atoms with E-state index < -0.39 is 11.6 Å². The van der Waals surface area contributed by atoms with Crippen molar-refractivity contribution in [3.8, 4) is 0 Å². The molecule has 0 aromatic heterocycles. The second-order valence-corrected chi connectivity index (χ2v) is 5.03. The van der Waals surface area contributed by atoms with Crippen molar-refractivity contribution in [2.45, 2.75) is 33.4 Å². The first-order chi connectivity index (χ1) is 8.97. The molecule has 0 aliphatic rings. The van der Waals surface area contributed by atoms with Crippen LogP contribution in [0.5, 0.6) is 0 Å². The van der Waals surface area contributed by atoms with E-state index in [9.17, 15) is 8.78 Å². The van der Waals surface area contributed by atoms with E-state index in [1.54, 1.807) is 0 Å². The number of nitrogens with one attached hydrogen (secondary N) is 1. The number of hydrogen-bond donors (Lipinski definition) is 1. The Kier molecular flexibility index (Phi) is 6.69. The van der Waals surface area contributed by atoms with Gasteiger partial charge in [-0.2, -0.15) is 0 Å². The fraction of sp³-hybridized carbons (Fsp3) is 0.571. The smallest absolute Gasteiger partial charge is 0.142 e. The molecule has 2 nitrogen and oxygen atoms in total. The van der Waals surface area contributed by atoms with Crippen LogP contribution in [0.2, 0.25) is 5.02 Å². The molecular formula is C14H21ClF2N2. The highest BCUT2D eigenvalue weighted by Crippen LogP contribution is 2.19. The van der Waals surface area contributed by atoms with E-state index in [4.69, 9.17) is 11.6 Å². The van der Waals surface area contributed by atoms with Crippen molar-refractivity contribution in [3.63, 3.8) is 0 Å². The Labute approximate surface area is 118 Å². The third kappa shape index (κ3) is 5.05. The summed E-state index contributed by atoms with van der Waals surface area (Å²) < 4.78 is 26.8. The van der Waals surface area contributed by atoms with Gasteiger partial charge in [0, 0.05) is 24.7 Å². The lowest BCUT2D eigenvalue weighted by atomic mass is 10.2. The summed E-state index contributed by atoms with van der Waals surface area (Å²) in [6, 6.07) is 2.37. The van der Waals surface area contributed by atoms with Gasteiger partial charge in [0.25, 0.3) is 0 Å². The first kappa shape index (κ1) is 16.3. The van der Waals surface area contributed by atoms with Gasteiger partial charge in [0.15, 0.2) is 0 Å². The third-order valence-corrected chi connectivity index (χ3v) is 3.45. The molecule has 0 amide bonds. The van der Waals surface area contributed by atoms with Crippen LogP contribution in [0.25, 0.3) is 0 Å². The summed E-state index contributed by atoms with van der Waals surface area (Å²) >= 11 is 5.51. The zero-order chi connectivity index (χ0) is 14.4. The zero-order valence-electron chi connectivity index (χ0n) is 11.6. The Bertz CT molecular complexity index is 409. The molecule has 108 valence electrons. The van der Waals surface area contributed by atoms with Crippen molar-refractivity contribution in [1.82, 2.24) is 10.2 Å². The van der Waals surface area contributed by atoms with E-state index in [1.807, 2.05) is 6.92 Å². The highest BCUT2D eigenvalue weighted by atomic mass is 35.5. The Morgan fingerprint density at radius 2 is 1.84 bits per heavy atom. The zero-order valence-corrected chi connectivity index (χ0v) is 12.4. The van der Waals surface area contributed by atoms with E-state index in [0.717, 1.165) is 31.8 Å². The minimum absolute atomic E-state index is 0.183. The summed E-state index contributed by atoms with van der Waals surface area (Å²) in [6.07, 6.45) is 0. The van der Waals surface area contributed by atoms with Crippen LogP contribution < -0.4 is 5.32 Å². The predicted molar refractivity (Wildman–Crippen MR) is 75.5 cm³/mol. The van der Waals surface area contributed by atoms with Gasteiger partial charge in [-0.1, -0.05) is 25.4 Å². The van der Waals surface area contributed by atoms with Crippen molar-refractivity contribution < 1.29 is 8.78 Å². The minimum Gasteiger partial charge on any atom is -0.309 e. The highest BCUT2D eigenvalue weighted by Gasteiger charge is 2.11. The van der Waals surface area contributed by atoms with Gasteiger partial charge in [0.2, 0.25) is 0 Å². The fourth-order valence-electron chi connectivity index (χ4n) is 1.92. The Morgan fingerprint density at radius 1 is 1.21 bits per heavy atom. The summed E-state index contributed by atoms with van der Waals surface area (Å²) in [5.74, 6) is -1.06. The molecule has 0 heterocycles. The van der Waals surface area contributed by atoms with Gasteiger partial charge in [-0.15, -0.1) is 0 Å². The van der Waals surface area contributed by atoms with Gasteiger partial charge in [-0.05, 0) is 32.1 Å². The van der Waals surface area contributed by atoms with E-state index >= 15 is 0 Å². The monoisotopic (exact) mass is 290 g/mol. The molecule has 0 bridgehead atoms. The van der Waals surface area contributed by atoms with E-state index in [0.29, 0.717) is 12.1 Å². The molecule has 5 heteroatoms. The van der Waals surface area contributed by atoms with Crippen LogP contribution in [-0.4, -0.2) is 30.6 Å². The SMILES string of the molecule is CCN(CC)CC(C)NCc1cc(F)c(Cl)cc1F. The quantitative estimate of drug-likeness (QED) is 0.774. The standard InChI is InChI=1S/C14H21ClF2N2/c1-4-19(5-2)9-10(3)18-8-11-6-14(17)12(15)7-13(11)16/h6-7,10,18H,4-5,8-9H2,1-3H3. The number of halogens is 3. The van der Waals surface area contributed by atoms with Gasteiger partial charge in [0.1, 0.15) is 11.6 Å². The molecule has 0 fully saturated rings. The average Bonchev–Trinajstić information content (AvgIpc) is 2.38. The highest BCUT2D eigenvalue weighted by molar-refractivity contribution is 6.30. The lowest BCUT2D eigenvalue weighted by molar-refractivity contribution is 0.270. The first-order valence-electron chi connectivity index (χ1n) is 6.57. The lowest BCUT2D eigenvalue weighted by Crippen LogP contribution is -2.38. The molecule has 1 aromatic carbocycles. The topological polar surface area (TPSA) is 15.3 Å². The fourth-order valence-corrected chi connectivity index (χ4v) is 2.07. The summed E-state index contributed by atoms with van der Waals surface area (Å²) in [4.78, 5) is 2.27. The van der Waals surface area contributed by atoms with Crippen molar-refractivity contribution in [3.05, 3.63) is 34.4 Å².